The number of allylic oxidation sites excluding steroid dienone is 16. The Balaban J connectivity index is 2.36. The van der Waals surface area contributed by atoms with Crippen molar-refractivity contribution in [3.05, 3.63) is 97.2 Å². The van der Waals surface area contributed by atoms with Crippen LogP contribution in [-0.2, 0) is 28.5 Å². The summed E-state index contributed by atoms with van der Waals surface area (Å²) in [5.41, 5.74) is 0. The van der Waals surface area contributed by atoms with Crippen molar-refractivity contribution in [2.24, 2.45) is 0 Å². The molecule has 1 aliphatic heterocycles. The second-order valence-electron chi connectivity index (χ2n) is 16.2. The molecule has 0 aromatic rings. The summed E-state index contributed by atoms with van der Waals surface area (Å²) in [5, 5.41) is 40.2. The second kappa shape index (κ2) is 42.6. The lowest BCUT2D eigenvalue weighted by molar-refractivity contribution is -0.305. The fourth-order valence-electron chi connectivity index (χ4n) is 6.65. The van der Waals surface area contributed by atoms with Gasteiger partial charge in [-0.2, -0.15) is 0 Å². The third-order valence-electron chi connectivity index (χ3n) is 10.5. The first kappa shape index (κ1) is 57.6. The summed E-state index contributed by atoms with van der Waals surface area (Å²) >= 11 is 0. The molecule has 63 heavy (non-hydrogen) atoms. The van der Waals surface area contributed by atoms with E-state index in [-0.39, 0.29) is 26.1 Å². The molecule has 0 aromatic heterocycles. The van der Waals surface area contributed by atoms with Crippen LogP contribution >= 0.6 is 0 Å². The van der Waals surface area contributed by atoms with Gasteiger partial charge in [-0.05, 0) is 83.5 Å². The summed E-state index contributed by atoms with van der Waals surface area (Å²) in [6, 6.07) is 0. The largest absolute Gasteiger partial charge is 0.462 e. The molecule has 1 rings (SSSR count). The molecule has 0 radical (unpaired) electrons. The molecular formula is C53H86O10. The van der Waals surface area contributed by atoms with Gasteiger partial charge in [0.05, 0.1) is 13.2 Å². The van der Waals surface area contributed by atoms with Crippen molar-refractivity contribution < 1.29 is 49.0 Å². The van der Waals surface area contributed by atoms with Crippen LogP contribution in [0.15, 0.2) is 97.2 Å². The topological polar surface area (TPSA) is 152 Å². The van der Waals surface area contributed by atoms with E-state index in [1.165, 1.54) is 57.8 Å². The van der Waals surface area contributed by atoms with Crippen LogP contribution < -0.4 is 0 Å². The van der Waals surface area contributed by atoms with Crippen molar-refractivity contribution in [1.82, 2.24) is 0 Å². The number of ether oxygens (including phenoxy) is 4. The van der Waals surface area contributed by atoms with Gasteiger partial charge in [-0.1, -0.05) is 169 Å². The first-order valence-electron chi connectivity index (χ1n) is 24.3. The Kier molecular flexibility index (Phi) is 38.9. The molecule has 0 bridgehead atoms. The normalized spacial score (nSPS) is 20.4. The molecule has 1 heterocycles. The molecule has 1 fully saturated rings. The molecule has 0 amide bonds. The van der Waals surface area contributed by atoms with E-state index in [2.05, 4.69) is 98.9 Å². The van der Waals surface area contributed by atoms with Gasteiger partial charge in [-0.15, -0.1) is 0 Å². The Morgan fingerprint density at radius 2 is 0.968 bits per heavy atom. The minimum absolute atomic E-state index is 0.144. The lowest BCUT2D eigenvalue weighted by atomic mass is 9.99. The van der Waals surface area contributed by atoms with Crippen molar-refractivity contribution in [3.63, 3.8) is 0 Å². The van der Waals surface area contributed by atoms with Gasteiger partial charge < -0.3 is 39.4 Å². The van der Waals surface area contributed by atoms with Gasteiger partial charge in [0.1, 0.15) is 31.0 Å². The molecule has 0 aliphatic carbocycles. The Morgan fingerprint density at radius 3 is 1.48 bits per heavy atom. The van der Waals surface area contributed by atoms with Crippen LogP contribution in [0, 0.1) is 0 Å². The van der Waals surface area contributed by atoms with E-state index in [0.717, 1.165) is 70.6 Å². The zero-order valence-corrected chi connectivity index (χ0v) is 39.0. The van der Waals surface area contributed by atoms with Gasteiger partial charge in [0.15, 0.2) is 12.4 Å². The summed E-state index contributed by atoms with van der Waals surface area (Å²) in [7, 11) is 0. The SMILES string of the molecule is CC/C=C/C/C=C/C/C=C/C/C=C/C/C=C/C/C=C/CCC(=O)OC[C@@H](CO[C@H]1O[C@@H](CO)[C@@H](O)C(O)C1O)OC(=O)CCCCCCCCCCC/C=C/C/C=C/CCCCC. The Morgan fingerprint density at radius 1 is 0.508 bits per heavy atom. The predicted molar refractivity (Wildman–Crippen MR) is 256 cm³/mol. The average molecular weight is 883 g/mol. The van der Waals surface area contributed by atoms with Gasteiger partial charge in [-0.25, -0.2) is 0 Å². The number of carbonyl (C=O) groups excluding carboxylic acids is 2. The smallest absolute Gasteiger partial charge is 0.306 e. The summed E-state index contributed by atoms with van der Waals surface area (Å²) in [4.78, 5) is 25.4. The molecule has 2 unspecified atom stereocenters. The van der Waals surface area contributed by atoms with E-state index in [1.54, 1.807) is 0 Å². The molecule has 10 heteroatoms. The number of unbranched alkanes of at least 4 members (excludes halogenated alkanes) is 12. The highest BCUT2D eigenvalue weighted by Gasteiger charge is 2.44. The zero-order chi connectivity index (χ0) is 45.9. The first-order chi connectivity index (χ1) is 30.8. The van der Waals surface area contributed by atoms with Crippen molar-refractivity contribution in [2.75, 3.05) is 19.8 Å². The maximum Gasteiger partial charge on any atom is 0.306 e. The third-order valence-corrected chi connectivity index (χ3v) is 10.5. The quantitative estimate of drug-likeness (QED) is 0.0267. The van der Waals surface area contributed by atoms with E-state index in [4.69, 9.17) is 18.9 Å². The van der Waals surface area contributed by atoms with Crippen LogP contribution in [0.4, 0.5) is 0 Å². The van der Waals surface area contributed by atoms with Gasteiger partial charge in [-0.3, -0.25) is 9.59 Å². The molecule has 4 N–H and O–H groups in total. The highest BCUT2D eigenvalue weighted by Crippen LogP contribution is 2.22. The Labute approximate surface area is 381 Å². The molecule has 0 aromatic carbocycles. The highest BCUT2D eigenvalue weighted by atomic mass is 16.7. The van der Waals surface area contributed by atoms with E-state index in [1.807, 2.05) is 12.2 Å². The molecule has 10 nitrogen and oxygen atoms in total. The first-order valence-corrected chi connectivity index (χ1v) is 24.3. The number of hydrogen-bond donors (Lipinski definition) is 4. The van der Waals surface area contributed by atoms with Crippen LogP contribution in [0.2, 0.25) is 0 Å². The minimum Gasteiger partial charge on any atom is -0.462 e. The van der Waals surface area contributed by atoms with Crippen LogP contribution in [0.1, 0.15) is 168 Å². The zero-order valence-electron chi connectivity index (χ0n) is 39.0. The van der Waals surface area contributed by atoms with Gasteiger partial charge in [0.2, 0.25) is 0 Å². The third kappa shape index (κ3) is 33.8. The molecule has 1 aliphatic rings. The van der Waals surface area contributed by atoms with Crippen molar-refractivity contribution in [1.29, 1.82) is 0 Å². The predicted octanol–water partition coefficient (Wildman–Crippen LogP) is 11.1. The van der Waals surface area contributed by atoms with E-state index in [9.17, 15) is 30.0 Å². The van der Waals surface area contributed by atoms with Gasteiger partial charge >= 0.3 is 11.9 Å². The number of aliphatic hydroxyl groups is 4. The maximum atomic E-state index is 12.8. The summed E-state index contributed by atoms with van der Waals surface area (Å²) < 4.78 is 22.1. The minimum atomic E-state index is -1.61. The van der Waals surface area contributed by atoms with Crippen LogP contribution in [0.5, 0.6) is 0 Å². The summed E-state index contributed by atoms with van der Waals surface area (Å²) in [6.45, 7) is 3.20. The lowest BCUT2D eigenvalue weighted by Crippen LogP contribution is -2.59. The fraction of sp³-hybridized carbons (Fsp3) is 0.660. The van der Waals surface area contributed by atoms with E-state index < -0.39 is 55.4 Å². The maximum absolute atomic E-state index is 12.8. The molecule has 6 atom stereocenters. The second-order valence-corrected chi connectivity index (χ2v) is 16.2. The van der Waals surface area contributed by atoms with E-state index >= 15 is 0 Å². The molecule has 1 saturated heterocycles. The molecule has 0 saturated carbocycles. The van der Waals surface area contributed by atoms with Gasteiger partial charge in [0, 0.05) is 12.8 Å². The standard InChI is InChI=1S/C53H86O10/c1-3-5-7-9-11-13-15-17-19-21-23-25-27-29-31-33-35-37-39-41-48(55)60-44-46(45-61-53-52(59)51(58)50(57)47(43-54)63-53)62-49(56)42-40-38-36-34-32-30-28-26-24-22-20-18-16-14-12-10-8-6-4-2/h5,7,11-14,17-20,23,25,29,31,35,37,46-47,50-54,57-59H,3-4,6,8-10,15-16,21-22,24,26-28,30,32-34,36,38-45H2,1-2H3/b7-5+,13-11+,14-12+,19-17+,20-18+,25-23+,31-29+,37-35+/t46-,47-,50+,51?,52?,53-/m0/s1. The summed E-state index contributed by atoms with van der Waals surface area (Å²) in [6.07, 6.45) is 49.9. The number of hydrogen-bond acceptors (Lipinski definition) is 10. The number of esters is 2. The van der Waals surface area contributed by atoms with Crippen molar-refractivity contribution in [2.45, 2.75) is 205 Å². The Hall–Kier alpha value is -3.38. The Bertz CT molecular complexity index is 1340. The molecule has 0 spiro atoms. The highest BCUT2D eigenvalue weighted by molar-refractivity contribution is 5.70. The average Bonchev–Trinajstić information content (AvgIpc) is 3.28. The molecular weight excluding hydrogens is 797 g/mol. The van der Waals surface area contributed by atoms with Crippen molar-refractivity contribution >= 4 is 11.9 Å². The number of carbonyl (C=O) groups is 2. The lowest BCUT2D eigenvalue weighted by Gasteiger charge is -2.39. The van der Waals surface area contributed by atoms with Crippen molar-refractivity contribution in [3.8, 4) is 0 Å². The van der Waals surface area contributed by atoms with Crippen LogP contribution in [-0.4, -0.2) is 89.0 Å². The monoisotopic (exact) mass is 883 g/mol. The number of rotatable bonds is 39. The van der Waals surface area contributed by atoms with Gasteiger partial charge in [0.25, 0.3) is 0 Å². The van der Waals surface area contributed by atoms with Crippen LogP contribution in [0.3, 0.4) is 0 Å². The summed E-state index contributed by atoms with van der Waals surface area (Å²) in [5.74, 6) is -0.916. The number of aliphatic hydroxyl groups excluding tert-OH is 4. The molecule has 358 valence electrons. The van der Waals surface area contributed by atoms with Crippen LogP contribution in [0.25, 0.3) is 0 Å². The fourth-order valence-corrected chi connectivity index (χ4v) is 6.65. The van der Waals surface area contributed by atoms with E-state index in [0.29, 0.717) is 12.8 Å².